The number of hydrazine groups is 1. The van der Waals surface area contributed by atoms with Crippen molar-refractivity contribution in [1.29, 1.82) is 0 Å². The van der Waals surface area contributed by atoms with E-state index in [2.05, 4.69) is 10.4 Å². The van der Waals surface area contributed by atoms with E-state index in [1.165, 1.54) is 4.88 Å². The molecular formula is C13H15N3O2S. The predicted octanol–water partition coefficient (Wildman–Crippen LogP) is 1.66. The molecule has 2 aromatic rings. The van der Waals surface area contributed by atoms with Crippen LogP contribution in [0.15, 0.2) is 29.9 Å². The van der Waals surface area contributed by atoms with Gasteiger partial charge in [0.1, 0.15) is 13.2 Å². The molecule has 0 spiro atoms. The smallest absolute Gasteiger partial charge is 0.166 e. The molecule has 0 amide bonds. The van der Waals surface area contributed by atoms with Crippen molar-refractivity contribution < 1.29 is 9.47 Å². The summed E-state index contributed by atoms with van der Waals surface area (Å²) in [7, 11) is 0. The SMILES string of the molecule is NNC(Cc1cncs1)c1cccc2c1OCCO2. The Hall–Kier alpha value is -1.63. The zero-order valence-electron chi connectivity index (χ0n) is 10.3. The highest BCUT2D eigenvalue weighted by molar-refractivity contribution is 7.09. The summed E-state index contributed by atoms with van der Waals surface area (Å²) in [5.74, 6) is 7.27. The van der Waals surface area contributed by atoms with Gasteiger partial charge in [-0.1, -0.05) is 12.1 Å². The van der Waals surface area contributed by atoms with Crippen LogP contribution < -0.4 is 20.7 Å². The van der Waals surface area contributed by atoms with Gasteiger partial charge in [0.2, 0.25) is 0 Å². The first kappa shape index (κ1) is 12.4. The molecule has 0 bridgehead atoms. The Morgan fingerprint density at radius 1 is 1.37 bits per heavy atom. The zero-order valence-corrected chi connectivity index (χ0v) is 11.2. The van der Waals surface area contributed by atoms with Crippen LogP contribution >= 0.6 is 11.3 Å². The average Bonchev–Trinajstić information content (AvgIpc) is 2.97. The van der Waals surface area contributed by atoms with Crippen molar-refractivity contribution >= 4 is 11.3 Å². The molecule has 0 aliphatic carbocycles. The standard InChI is InChI=1S/C13H15N3O2S/c14-16-11(6-9-7-15-8-19-9)10-2-1-3-12-13(10)18-5-4-17-12/h1-3,7-8,11,16H,4-6,14H2. The number of ether oxygens (including phenoxy) is 2. The van der Waals surface area contributed by atoms with Crippen molar-refractivity contribution in [2.45, 2.75) is 12.5 Å². The van der Waals surface area contributed by atoms with Crippen LogP contribution in [-0.2, 0) is 6.42 Å². The van der Waals surface area contributed by atoms with Gasteiger partial charge in [0, 0.05) is 23.1 Å². The van der Waals surface area contributed by atoms with Gasteiger partial charge >= 0.3 is 0 Å². The van der Waals surface area contributed by atoms with E-state index in [0.717, 1.165) is 23.5 Å². The predicted molar refractivity (Wildman–Crippen MR) is 73.3 cm³/mol. The van der Waals surface area contributed by atoms with Crippen LogP contribution in [0.5, 0.6) is 11.5 Å². The second kappa shape index (κ2) is 5.56. The summed E-state index contributed by atoms with van der Waals surface area (Å²) < 4.78 is 11.3. The second-order valence-corrected chi connectivity index (χ2v) is 5.23. The van der Waals surface area contributed by atoms with Crippen LogP contribution in [0.4, 0.5) is 0 Å². The fraction of sp³-hybridized carbons (Fsp3) is 0.308. The summed E-state index contributed by atoms with van der Waals surface area (Å²) in [5.41, 5.74) is 5.69. The van der Waals surface area contributed by atoms with E-state index in [9.17, 15) is 0 Å². The quantitative estimate of drug-likeness (QED) is 0.657. The number of aromatic nitrogens is 1. The van der Waals surface area contributed by atoms with Crippen molar-refractivity contribution in [3.05, 3.63) is 40.3 Å². The van der Waals surface area contributed by atoms with Crippen LogP contribution in [-0.4, -0.2) is 18.2 Å². The molecule has 2 heterocycles. The summed E-state index contributed by atoms with van der Waals surface area (Å²) in [6, 6.07) is 5.87. The lowest BCUT2D eigenvalue weighted by molar-refractivity contribution is 0.168. The molecule has 1 aromatic heterocycles. The average molecular weight is 277 g/mol. The third-order valence-corrected chi connectivity index (χ3v) is 3.86. The number of fused-ring (bicyclic) bond motifs is 1. The number of rotatable bonds is 4. The molecule has 5 nitrogen and oxygen atoms in total. The fourth-order valence-electron chi connectivity index (χ4n) is 2.17. The molecular weight excluding hydrogens is 262 g/mol. The van der Waals surface area contributed by atoms with E-state index >= 15 is 0 Å². The van der Waals surface area contributed by atoms with Gasteiger partial charge in [-0.25, -0.2) is 0 Å². The first-order valence-corrected chi connectivity index (χ1v) is 6.98. The van der Waals surface area contributed by atoms with Gasteiger partial charge in [-0.3, -0.25) is 16.3 Å². The summed E-state index contributed by atoms with van der Waals surface area (Å²) >= 11 is 1.62. The van der Waals surface area contributed by atoms with Crippen molar-refractivity contribution in [2.75, 3.05) is 13.2 Å². The molecule has 1 atom stereocenters. The Bertz CT molecular complexity index is 545. The minimum absolute atomic E-state index is 0.0166. The molecule has 3 N–H and O–H groups in total. The van der Waals surface area contributed by atoms with Gasteiger partial charge < -0.3 is 9.47 Å². The summed E-state index contributed by atoms with van der Waals surface area (Å²) in [4.78, 5) is 5.26. The summed E-state index contributed by atoms with van der Waals surface area (Å²) in [5, 5.41) is 0. The lowest BCUT2D eigenvalue weighted by atomic mass is 10.0. The number of thiazole rings is 1. The Balaban J connectivity index is 1.90. The van der Waals surface area contributed by atoms with Crippen LogP contribution in [0.3, 0.4) is 0 Å². The first-order chi connectivity index (χ1) is 9.38. The zero-order chi connectivity index (χ0) is 13.1. The number of nitrogens with zero attached hydrogens (tertiary/aromatic N) is 1. The number of para-hydroxylation sites is 1. The van der Waals surface area contributed by atoms with Crippen LogP contribution in [0.25, 0.3) is 0 Å². The van der Waals surface area contributed by atoms with Gasteiger partial charge in [0.15, 0.2) is 11.5 Å². The van der Waals surface area contributed by atoms with Gasteiger partial charge in [-0.05, 0) is 6.07 Å². The van der Waals surface area contributed by atoms with E-state index in [4.69, 9.17) is 15.3 Å². The number of nitrogens with two attached hydrogens (primary N) is 1. The second-order valence-electron chi connectivity index (χ2n) is 4.26. The highest BCUT2D eigenvalue weighted by atomic mass is 32.1. The Morgan fingerprint density at radius 2 is 2.26 bits per heavy atom. The topological polar surface area (TPSA) is 69.4 Å². The lowest BCUT2D eigenvalue weighted by Gasteiger charge is -2.24. The Kier molecular flexibility index (Phi) is 3.63. The highest BCUT2D eigenvalue weighted by Gasteiger charge is 2.21. The normalized spacial score (nSPS) is 15.2. The van der Waals surface area contributed by atoms with Crippen molar-refractivity contribution in [1.82, 2.24) is 10.4 Å². The molecule has 1 aromatic carbocycles. The van der Waals surface area contributed by atoms with E-state index in [1.807, 2.05) is 29.9 Å². The molecule has 0 fully saturated rings. The molecule has 1 aliphatic rings. The summed E-state index contributed by atoms with van der Waals surface area (Å²) in [6.45, 7) is 1.16. The molecule has 0 radical (unpaired) electrons. The van der Waals surface area contributed by atoms with Gasteiger partial charge in [0.25, 0.3) is 0 Å². The number of hydrogen-bond donors (Lipinski definition) is 2. The number of nitrogens with one attached hydrogen (secondary N) is 1. The Morgan fingerprint density at radius 3 is 3.05 bits per heavy atom. The van der Waals surface area contributed by atoms with Crippen molar-refractivity contribution in [3.63, 3.8) is 0 Å². The third kappa shape index (κ3) is 2.56. The van der Waals surface area contributed by atoms with Crippen LogP contribution in [0.2, 0.25) is 0 Å². The van der Waals surface area contributed by atoms with Crippen LogP contribution in [0.1, 0.15) is 16.5 Å². The molecule has 19 heavy (non-hydrogen) atoms. The molecule has 1 unspecified atom stereocenters. The van der Waals surface area contributed by atoms with Gasteiger partial charge in [0.05, 0.1) is 11.6 Å². The molecule has 0 saturated heterocycles. The highest BCUT2D eigenvalue weighted by Crippen LogP contribution is 2.37. The maximum absolute atomic E-state index is 5.72. The minimum atomic E-state index is -0.0166. The first-order valence-electron chi connectivity index (χ1n) is 6.10. The van der Waals surface area contributed by atoms with Gasteiger partial charge in [-0.15, -0.1) is 11.3 Å². The monoisotopic (exact) mass is 277 g/mol. The molecule has 0 saturated carbocycles. The molecule has 100 valence electrons. The number of hydrogen-bond acceptors (Lipinski definition) is 6. The largest absolute Gasteiger partial charge is 0.486 e. The van der Waals surface area contributed by atoms with E-state index in [-0.39, 0.29) is 6.04 Å². The fourth-order valence-corrected chi connectivity index (χ4v) is 2.82. The third-order valence-electron chi connectivity index (χ3n) is 3.06. The van der Waals surface area contributed by atoms with Crippen molar-refractivity contribution in [2.24, 2.45) is 5.84 Å². The van der Waals surface area contributed by atoms with Crippen molar-refractivity contribution in [3.8, 4) is 11.5 Å². The van der Waals surface area contributed by atoms with Gasteiger partial charge in [-0.2, -0.15) is 0 Å². The lowest BCUT2D eigenvalue weighted by Crippen LogP contribution is -2.30. The minimum Gasteiger partial charge on any atom is -0.486 e. The molecule has 6 heteroatoms. The molecule has 3 rings (SSSR count). The maximum atomic E-state index is 5.72. The Labute approximate surface area is 115 Å². The van der Waals surface area contributed by atoms with E-state index in [1.54, 1.807) is 11.3 Å². The molecule has 1 aliphatic heterocycles. The van der Waals surface area contributed by atoms with E-state index < -0.39 is 0 Å². The maximum Gasteiger partial charge on any atom is 0.166 e. The van der Waals surface area contributed by atoms with E-state index in [0.29, 0.717) is 13.2 Å². The number of benzene rings is 1. The summed E-state index contributed by atoms with van der Waals surface area (Å²) in [6.07, 6.45) is 2.64. The van der Waals surface area contributed by atoms with Crippen LogP contribution in [0, 0.1) is 0 Å².